The SMILES string of the molecule is O=C(NN=Cc1cccc([N+](=O)[O-])c1O)c1[nH]c2ccc(Br)cc2c1-c1ccccc1. The number of nitrogens with zero attached hydrogens (tertiary/aromatic N) is 2. The van der Waals surface area contributed by atoms with E-state index in [0.29, 0.717) is 5.69 Å². The lowest BCUT2D eigenvalue weighted by Gasteiger charge is -2.05. The molecule has 1 heterocycles. The standard InChI is InChI=1S/C22H15BrN4O4/c23-15-9-10-17-16(11-15)19(13-5-2-1-3-6-13)20(25-17)22(29)26-24-12-14-7-4-8-18(21(14)28)27(30)31/h1-12,25,28H,(H,26,29). The lowest BCUT2D eigenvalue weighted by atomic mass is 10.0. The van der Waals surface area contributed by atoms with Crippen molar-refractivity contribution in [3.63, 3.8) is 0 Å². The number of halogens is 1. The predicted molar refractivity (Wildman–Crippen MR) is 121 cm³/mol. The highest BCUT2D eigenvalue weighted by molar-refractivity contribution is 9.10. The number of aromatic nitrogens is 1. The van der Waals surface area contributed by atoms with Crippen molar-refractivity contribution in [2.45, 2.75) is 0 Å². The van der Waals surface area contributed by atoms with Gasteiger partial charge in [0.25, 0.3) is 5.91 Å². The van der Waals surface area contributed by atoms with Crippen molar-refractivity contribution in [1.82, 2.24) is 10.4 Å². The van der Waals surface area contributed by atoms with Gasteiger partial charge < -0.3 is 10.1 Å². The summed E-state index contributed by atoms with van der Waals surface area (Å²) in [6, 6.07) is 19.2. The van der Waals surface area contributed by atoms with Crippen LogP contribution in [0.4, 0.5) is 5.69 Å². The Morgan fingerprint density at radius 1 is 1.13 bits per heavy atom. The second-order valence-corrected chi connectivity index (χ2v) is 7.52. The number of benzene rings is 3. The van der Waals surface area contributed by atoms with Gasteiger partial charge in [0.05, 0.1) is 11.1 Å². The summed E-state index contributed by atoms with van der Waals surface area (Å²) in [4.78, 5) is 26.3. The molecule has 0 radical (unpaired) electrons. The molecule has 0 saturated heterocycles. The van der Waals surface area contributed by atoms with Gasteiger partial charge in [-0.3, -0.25) is 14.9 Å². The highest BCUT2D eigenvalue weighted by Gasteiger charge is 2.19. The summed E-state index contributed by atoms with van der Waals surface area (Å²) in [6.07, 6.45) is 1.15. The molecule has 1 aromatic heterocycles. The minimum atomic E-state index is -0.694. The normalized spacial score (nSPS) is 11.1. The van der Waals surface area contributed by atoms with Crippen molar-refractivity contribution in [2.24, 2.45) is 5.10 Å². The Bertz CT molecular complexity index is 1330. The van der Waals surface area contributed by atoms with Gasteiger partial charge in [-0.1, -0.05) is 52.3 Å². The number of para-hydroxylation sites is 1. The average Bonchev–Trinajstić information content (AvgIpc) is 3.14. The molecule has 0 unspecified atom stereocenters. The van der Waals surface area contributed by atoms with E-state index in [1.165, 1.54) is 18.2 Å². The zero-order valence-corrected chi connectivity index (χ0v) is 17.5. The first-order chi connectivity index (χ1) is 15.0. The van der Waals surface area contributed by atoms with Gasteiger partial charge in [-0.05, 0) is 29.8 Å². The molecule has 154 valence electrons. The molecule has 3 N–H and O–H groups in total. The number of nitro groups is 1. The van der Waals surface area contributed by atoms with Crippen molar-refractivity contribution in [3.8, 4) is 16.9 Å². The number of phenolic OH excluding ortho intramolecular Hbond substituents is 1. The molecule has 0 aliphatic heterocycles. The molecule has 0 fully saturated rings. The van der Waals surface area contributed by atoms with Gasteiger partial charge in [0, 0.05) is 32.6 Å². The van der Waals surface area contributed by atoms with Crippen LogP contribution in [0.1, 0.15) is 16.1 Å². The molecule has 9 heteroatoms. The summed E-state index contributed by atoms with van der Waals surface area (Å²) in [5.41, 5.74) is 4.77. The number of rotatable bonds is 5. The second kappa shape index (κ2) is 8.41. The van der Waals surface area contributed by atoms with Crippen LogP contribution in [0.2, 0.25) is 0 Å². The number of carbonyl (C=O) groups is 1. The van der Waals surface area contributed by atoms with Gasteiger partial charge in [-0.15, -0.1) is 0 Å². The highest BCUT2D eigenvalue weighted by Crippen LogP contribution is 2.34. The molecule has 4 aromatic rings. The van der Waals surface area contributed by atoms with Gasteiger partial charge in [0.1, 0.15) is 5.69 Å². The Morgan fingerprint density at radius 3 is 2.65 bits per heavy atom. The number of hydrazone groups is 1. The minimum absolute atomic E-state index is 0.110. The zero-order valence-electron chi connectivity index (χ0n) is 15.9. The van der Waals surface area contributed by atoms with Crippen molar-refractivity contribution >= 4 is 44.6 Å². The largest absolute Gasteiger partial charge is 0.502 e. The van der Waals surface area contributed by atoms with Crippen LogP contribution in [0, 0.1) is 10.1 Å². The maximum Gasteiger partial charge on any atom is 0.311 e. The number of carbonyl (C=O) groups excluding carboxylic acids is 1. The number of hydrogen-bond acceptors (Lipinski definition) is 5. The number of phenols is 1. The number of hydrogen-bond donors (Lipinski definition) is 3. The molecule has 3 aromatic carbocycles. The van der Waals surface area contributed by atoms with Crippen LogP contribution in [0.5, 0.6) is 5.75 Å². The van der Waals surface area contributed by atoms with Crippen LogP contribution in [-0.4, -0.2) is 27.1 Å². The van der Waals surface area contributed by atoms with E-state index >= 15 is 0 Å². The lowest BCUT2D eigenvalue weighted by Crippen LogP contribution is -2.18. The Hall–Kier alpha value is -3.98. The summed E-state index contributed by atoms with van der Waals surface area (Å²) in [5.74, 6) is -1.02. The third-order valence-corrected chi connectivity index (χ3v) is 5.16. The van der Waals surface area contributed by atoms with Crippen LogP contribution in [-0.2, 0) is 0 Å². The number of nitro benzene ring substituents is 1. The molecule has 0 atom stereocenters. The highest BCUT2D eigenvalue weighted by atomic mass is 79.9. The van der Waals surface area contributed by atoms with Gasteiger partial charge in [-0.25, -0.2) is 5.43 Å². The summed E-state index contributed by atoms with van der Waals surface area (Å²) in [6.45, 7) is 0. The van der Waals surface area contributed by atoms with E-state index in [-0.39, 0.29) is 5.56 Å². The maximum absolute atomic E-state index is 12.9. The Kier molecular flexibility index (Phi) is 5.50. The third kappa shape index (κ3) is 4.03. The molecule has 0 aliphatic carbocycles. The molecule has 1 amide bonds. The molecule has 0 spiro atoms. The van der Waals surface area contributed by atoms with Crippen LogP contribution >= 0.6 is 15.9 Å². The van der Waals surface area contributed by atoms with Crippen LogP contribution in [0.3, 0.4) is 0 Å². The number of nitrogens with one attached hydrogen (secondary N) is 2. The molecular weight excluding hydrogens is 464 g/mol. The number of H-pyrrole nitrogens is 1. The van der Waals surface area contributed by atoms with Crippen LogP contribution in [0.15, 0.2) is 76.3 Å². The van der Waals surface area contributed by atoms with E-state index in [1.54, 1.807) is 0 Å². The van der Waals surface area contributed by atoms with Crippen molar-refractivity contribution < 1.29 is 14.8 Å². The summed E-state index contributed by atoms with van der Waals surface area (Å²) < 4.78 is 0.877. The van der Waals surface area contributed by atoms with E-state index in [0.717, 1.165) is 32.7 Å². The first-order valence-corrected chi connectivity index (χ1v) is 9.91. The fourth-order valence-corrected chi connectivity index (χ4v) is 3.62. The van der Waals surface area contributed by atoms with Gasteiger partial charge >= 0.3 is 5.69 Å². The average molecular weight is 479 g/mol. The molecule has 8 nitrogen and oxygen atoms in total. The fraction of sp³-hybridized carbons (Fsp3) is 0. The molecule has 0 bridgehead atoms. The summed E-state index contributed by atoms with van der Waals surface area (Å²) >= 11 is 3.47. The molecule has 0 aliphatic rings. The van der Waals surface area contributed by atoms with Gasteiger partial charge in [-0.2, -0.15) is 5.10 Å². The van der Waals surface area contributed by atoms with E-state index in [1.807, 2.05) is 48.5 Å². The fourth-order valence-electron chi connectivity index (χ4n) is 3.26. The number of amides is 1. The predicted octanol–water partition coefficient (Wildman–Crippen LogP) is 4.98. The van der Waals surface area contributed by atoms with E-state index in [4.69, 9.17) is 0 Å². The van der Waals surface area contributed by atoms with Gasteiger partial charge in [0.15, 0.2) is 0 Å². The molecule has 4 rings (SSSR count). The number of aromatic hydroxyl groups is 1. The topological polar surface area (TPSA) is 121 Å². The van der Waals surface area contributed by atoms with Gasteiger partial charge in [0.2, 0.25) is 5.75 Å². The smallest absolute Gasteiger partial charge is 0.311 e. The summed E-state index contributed by atoms with van der Waals surface area (Å²) in [7, 11) is 0. The quantitative estimate of drug-likeness (QED) is 0.213. The number of fused-ring (bicyclic) bond motifs is 1. The third-order valence-electron chi connectivity index (χ3n) is 4.66. The minimum Gasteiger partial charge on any atom is -0.502 e. The lowest BCUT2D eigenvalue weighted by molar-refractivity contribution is -0.385. The van der Waals surface area contributed by atoms with Crippen LogP contribution < -0.4 is 5.43 Å². The van der Waals surface area contributed by atoms with E-state index in [9.17, 15) is 20.0 Å². The van der Waals surface area contributed by atoms with Crippen molar-refractivity contribution in [1.29, 1.82) is 0 Å². The Balaban J connectivity index is 1.68. The molecule has 0 saturated carbocycles. The summed E-state index contributed by atoms with van der Waals surface area (Å²) in [5, 5.41) is 25.7. The number of aromatic amines is 1. The molecular formula is C22H15BrN4O4. The Labute approximate surface area is 184 Å². The van der Waals surface area contributed by atoms with Crippen molar-refractivity contribution in [3.05, 3.63) is 92.6 Å². The van der Waals surface area contributed by atoms with E-state index < -0.39 is 22.3 Å². The first kappa shape index (κ1) is 20.3. The molecule has 31 heavy (non-hydrogen) atoms. The first-order valence-electron chi connectivity index (χ1n) is 9.12. The zero-order chi connectivity index (χ0) is 22.0. The van der Waals surface area contributed by atoms with Crippen molar-refractivity contribution in [2.75, 3.05) is 0 Å². The Morgan fingerprint density at radius 2 is 1.90 bits per heavy atom. The second-order valence-electron chi connectivity index (χ2n) is 6.60. The monoisotopic (exact) mass is 478 g/mol. The van der Waals surface area contributed by atoms with E-state index in [2.05, 4.69) is 31.4 Å². The van der Waals surface area contributed by atoms with Crippen LogP contribution in [0.25, 0.3) is 22.0 Å². The maximum atomic E-state index is 12.9.